The van der Waals surface area contributed by atoms with Crippen molar-refractivity contribution in [1.82, 2.24) is 10.2 Å². The number of nitrogens with zero attached hydrogens (tertiary/aromatic N) is 1. The molecule has 0 fully saturated rings. The van der Waals surface area contributed by atoms with Crippen LogP contribution in [-0.4, -0.2) is 36.3 Å². The Morgan fingerprint density at radius 3 is 2.55 bits per heavy atom. The van der Waals surface area contributed by atoms with Crippen molar-refractivity contribution in [3.8, 4) is 0 Å². The quantitative estimate of drug-likeness (QED) is 0.782. The molecular formula is C15H19ClN2O2. The molecule has 0 saturated carbocycles. The van der Waals surface area contributed by atoms with Gasteiger partial charge >= 0.3 is 0 Å². The third-order valence-corrected chi connectivity index (χ3v) is 3.06. The van der Waals surface area contributed by atoms with E-state index < -0.39 is 0 Å². The molecular weight excluding hydrogens is 276 g/mol. The molecule has 1 aromatic carbocycles. The smallest absolute Gasteiger partial charge is 0.239 e. The molecule has 0 aliphatic rings. The lowest BCUT2D eigenvalue weighted by molar-refractivity contribution is -0.134. The van der Waals surface area contributed by atoms with Crippen LogP contribution in [0.25, 0.3) is 0 Å². The van der Waals surface area contributed by atoms with E-state index in [4.69, 9.17) is 11.6 Å². The van der Waals surface area contributed by atoms with Gasteiger partial charge in [-0.1, -0.05) is 29.8 Å². The predicted molar refractivity (Wildman–Crippen MR) is 80.6 cm³/mol. The number of rotatable bonds is 7. The summed E-state index contributed by atoms with van der Waals surface area (Å²) in [5.74, 6) is -0.302. The zero-order valence-corrected chi connectivity index (χ0v) is 12.3. The monoisotopic (exact) mass is 294 g/mol. The minimum atomic E-state index is -0.184. The maximum absolute atomic E-state index is 11.6. The Morgan fingerprint density at radius 2 is 2.00 bits per heavy atom. The highest BCUT2D eigenvalue weighted by molar-refractivity contribution is 6.30. The molecule has 1 rings (SSSR count). The van der Waals surface area contributed by atoms with Crippen LogP contribution in [0, 0.1) is 0 Å². The van der Waals surface area contributed by atoms with Crippen LogP contribution in [0.15, 0.2) is 36.9 Å². The van der Waals surface area contributed by atoms with Gasteiger partial charge in [-0.05, 0) is 24.1 Å². The minimum Gasteiger partial charge on any atom is -0.351 e. The van der Waals surface area contributed by atoms with Crippen molar-refractivity contribution < 1.29 is 9.59 Å². The largest absolute Gasteiger partial charge is 0.351 e. The third-order valence-electron chi connectivity index (χ3n) is 2.81. The van der Waals surface area contributed by atoms with Crippen molar-refractivity contribution in [2.24, 2.45) is 0 Å². The van der Waals surface area contributed by atoms with E-state index in [9.17, 15) is 9.59 Å². The molecule has 108 valence electrons. The zero-order chi connectivity index (χ0) is 15.0. The first kappa shape index (κ1) is 16.2. The molecule has 0 atom stereocenters. The van der Waals surface area contributed by atoms with Gasteiger partial charge in [-0.15, -0.1) is 6.58 Å². The van der Waals surface area contributed by atoms with Crippen LogP contribution in [0.2, 0.25) is 5.02 Å². The van der Waals surface area contributed by atoms with Gasteiger partial charge in [0.05, 0.1) is 6.54 Å². The van der Waals surface area contributed by atoms with Gasteiger partial charge in [0, 0.05) is 25.0 Å². The number of halogens is 1. The normalized spacial score (nSPS) is 9.90. The first-order valence-electron chi connectivity index (χ1n) is 6.40. The van der Waals surface area contributed by atoms with E-state index in [2.05, 4.69) is 11.9 Å². The third kappa shape index (κ3) is 5.89. The Kier molecular flexibility index (Phi) is 6.81. The molecule has 5 heteroatoms. The molecule has 0 heterocycles. The van der Waals surface area contributed by atoms with E-state index in [1.54, 1.807) is 6.08 Å². The molecule has 4 nitrogen and oxygen atoms in total. The molecule has 2 amide bonds. The fraction of sp³-hybridized carbons (Fsp3) is 0.333. The maximum Gasteiger partial charge on any atom is 0.239 e. The number of carbonyl (C=O) groups is 2. The number of carbonyl (C=O) groups excluding carboxylic acids is 2. The molecule has 0 radical (unpaired) electrons. The molecule has 0 bridgehead atoms. The molecule has 0 saturated heterocycles. The second-order valence-electron chi connectivity index (χ2n) is 4.41. The standard InChI is InChI=1S/C15H19ClN2O2/c1-3-9-17-15(20)11-18(12(2)19)10-8-13-4-6-14(16)7-5-13/h3-7H,1,8-11H2,2H3,(H,17,20). The highest BCUT2D eigenvalue weighted by Crippen LogP contribution is 2.10. The van der Waals surface area contributed by atoms with Gasteiger partial charge in [-0.3, -0.25) is 9.59 Å². The highest BCUT2D eigenvalue weighted by Gasteiger charge is 2.12. The maximum atomic E-state index is 11.6. The Hall–Kier alpha value is -1.81. The molecule has 0 aromatic heterocycles. The van der Waals surface area contributed by atoms with Crippen LogP contribution in [0.3, 0.4) is 0 Å². The van der Waals surface area contributed by atoms with E-state index in [1.807, 2.05) is 24.3 Å². The number of nitrogens with one attached hydrogen (secondary N) is 1. The van der Waals surface area contributed by atoms with E-state index in [0.717, 1.165) is 5.56 Å². The van der Waals surface area contributed by atoms with Crippen molar-refractivity contribution in [3.05, 3.63) is 47.5 Å². The van der Waals surface area contributed by atoms with Gasteiger partial charge in [-0.2, -0.15) is 0 Å². The lowest BCUT2D eigenvalue weighted by atomic mass is 10.1. The minimum absolute atomic E-state index is 0.0662. The zero-order valence-electron chi connectivity index (χ0n) is 11.6. The van der Waals surface area contributed by atoms with Crippen LogP contribution in [0.5, 0.6) is 0 Å². The van der Waals surface area contributed by atoms with Crippen LogP contribution in [0.1, 0.15) is 12.5 Å². The summed E-state index contributed by atoms with van der Waals surface area (Å²) in [6, 6.07) is 7.45. The van der Waals surface area contributed by atoms with Crippen molar-refractivity contribution >= 4 is 23.4 Å². The van der Waals surface area contributed by atoms with Crippen molar-refractivity contribution in [1.29, 1.82) is 0 Å². The Bertz CT molecular complexity index is 471. The molecule has 20 heavy (non-hydrogen) atoms. The van der Waals surface area contributed by atoms with Gasteiger partial charge in [0.1, 0.15) is 0 Å². The van der Waals surface area contributed by atoms with Gasteiger partial charge in [0.15, 0.2) is 0 Å². The SMILES string of the molecule is C=CCNC(=O)CN(CCc1ccc(Cl)cc1)C(C)=O. The molecule has 1 N–H and O–H groups in total. The van der Waals surface area contributed by atoms with E-state index >= 15 is 0 Å². The molecule has 0 unspecified atom stereocenters. The molecule has 0 aliphatic heterocycles. The summed E-state index contributed by atoms with van der Waals surface area (Å²) in [4.78, 5) is 24.7. The summed E-state index contributed by atoms with van der Waals surface area (Å²) in [6.45, 7) is 5.95. The summed E-state index contributed by atoms with van der Waals surface area (Å²) in [5, 5.41) is 3.34. The highest BCUT2D eigenvalue weighted by atomic mass is 35.5. The summed E-state index contributed by atoms with van der Waals surface area (Å²) in [7, 11) is 0. The molecule has 1 aromatic rings. The molecule has 0 spiro atoms. The second-order valence-corrected chi connectivity index (χ2v) is 4.85. The Labute approximate surface area is 124 Å². The van der Waals surface area contributed by atoms with Crippen LogP contribution in [0.4, 0.5) is 0 Å². The predicted octanol–water partition coefficient (Wildman–Crippen LogP) is 2.03. The van der Waals surface area contributed by atoms with Crippen molar-refractivity contribution in [2.75, 3.05) is 19.6 Å². The Morgan fingerprint density at radius 1 is 1.35 bits per heavy atom. The van der Waals surface area contributed by atoms with E-state index in [1.165, 1.54) is 11.8 Å². The van der Waals surface area contributed by atoms with Crippen LogP contribution >= 0.6 is 11.6 Å². The number of hydrogen-bond acceptors (Lipinski definition) is 2. The summed E-state index contributed by atoms with van der Waals surface area (Å²) in [6.07, 6.45) is 2.29. The van der Waals surface area contributed by atoms with Crippen molar-refractivity contribution in [3.63, 3.8) is 0 Å². The van der Waals surface area contributed by atoms with Crippen LogP contribution < -0.4 is 5.32 Å². The number of amides is 2. The summed E-state index contributed by atoms with van der Waals surface area (Å²) in [5.41, 5.74) is 1.08. The summed E-state index contributed by atoms with van der Waals surface area (Å²) < 4.78 is 0. The summed E-state index contributed by atoms with van der Waals surface area (Å²) >= 11 is 5.82. The molecule has 0 aliphatic carbocycles. The van der Waals surface area contributed by atoms with Gasteiger partial charge in [0.2, 0.25) is 11.8 Å². The lowest BCUT2D eigenvalue weighted by Gasteiger charge is -2.20. The average molecular weight is 295 g/mol. The van der Waals surface area contributed by atoms with E-state index in [-0.39, 0.29) is 18.4 Å². The second kappa shape index (κ2) is 8.38. The lowest BCUT2D eigenvalue weighted by Crippen LogP contribution is -2.40. The first-order valence-corrected chi connectivity index (χ1v) is 6.78. The topological polar surface area (TPSA) is 49.4 Å². The fourth-order valence-electron chi connectivity index (χ4n) is 1.68. The first-order chi connectivity index (χ1) is 9.52. The average Bonchev–Trinajstić information content (AvgIpc) is 2.42. The van der Waals surface area contributed by atoms with Crippen molar-refractivity contribution in [2.45, 2.75) is 13.3 Å². The van der Waals surface area contributed by atoms with Gasteiger partial charge in [-0.25, -0.2) is 0 Å². The Balaban J connectivity index is 2.50. The fourth-order valence-corrected chi connectivity index (χ4v) is 1.80. The number of hydrogen-bond donors (Lipinski definition) is 1. The van der Waals surface area contributed by atoms with Gasteiger partial charge in [0.25, 0.3) is 0 Å². The van der Waals surface area contributed by atoms with E-state index in [0.29, 0.717) is 24.5 Å². The van der Waals surface area contributed by atoms with Crippen LogP contribution in [-0.2, 0) is 16.0 Å². The van der Waals surface area contributed by atoms with Gasteiger partial charge < -0.3 is 10.2 Å². The number of benzene rings is 1.